The minimum Gasteiger partial charge on any atom is -0.324 e. The molecule has 0 radical (unpaired) electrons. The van der Waals surface area contributed by atoms with Gasteiger partial charge in [0.05, 0.1) is 0 Å². The lowest BCUT2D eigenvalue weighted by Gasteiger charge is -2.23. The molecule has 1 atom stereocenters. The molecule has 0 unspecified atom stereocenters. The maximum Gasteiger partial charge on any atom is 0.325 e. The van der Waals surface area contributed by atoms with Gasteiger partial charge in [0.1, 0.15) is 12.1 Å². The maximum absolute atomic E-state index is 13.1. The molecule has 0 aliphatic carbocycles. The molecule has 0 bridgehead atoms. The summed E-state index contributed by atoms with van der Waals surface area (Å²) < 4.78 is 0. The van der Waals surface area contributed by atoms with Crippen LogP contribution in [0.3, 0.4) is 0 Å². The highest BCUT2D eigenvalue weighted by molar-refractivity contribution is 6.10. The highest BCUT2D eigenvalue weighted by atomic mass is 16.2. The number of carbonyl (C=O) groups excluding carboxylic acids is 3. The number of urea groups is 1. The summed E-state index contributed by atoms with van der Waals surface area (Å²) in [4.78, 5) is 39.2. The van der Waals surface area contributed by atoms with Crippen LogP contribution in [0.5, 0.6) is 0 Å². The second kappa shape index (κ2) is 7.94. The number of amides is 4. The van der Waals surface area contributed by atoms with Gasteiger partial charge in [-0.25, -0.2) is 4.79 Å². The lowest BCUT2D eigenvalue weighted by molar-refractivity contribution is -0.133. The number of benzene rings is 2. The molecule has 1 aliphatic heterocycles. The van der Waals surface area contributed by atoms with Crippen LogP contribution in [-0.4, -0.2) is 29.3 Å². The maximum atomic E-state index is 13.1. The first-order valence-electron chi connectivity index (χ1n) is 10.1. The van der Waals surface area contributed by atoms with Gasteiger partial charge >= 0.3 is 6.03 Å². The van der Waals surface area contributed by atoms with E-state index in [0.29, 0.717) is 17.2 Å². The van der Waals surface area contributed by atoms with Crippen LogP contribution in [0, 0.1) is 20.8 Å². The third kappa shape index (κ3) is 3.95. The molecule has 1 aliphatic rings. The normalized spacial score (nSPS) is 18.7. The Morgan fingerprint density at radius 3 is 2.17 bits per heavy atom. The van der Waals surface area contributed by atoms with E-state index in [2.05, 4.69) is 24.5 Å². The fraction of sp³-hybridized carbons (Fsp3) is 0.375. The van der Waals surface area contributed by atoms with Crippen molar-refractivity contribution < 1.29 is 14.4 Å². The van der Waals surface area contributed by atoms with Crippen molar-refractivity contribution in [2.45, 2.75) is 53.0 Å². The second-order valence-electron chi connectivity index (χ2n) is 8.55. The van der Waals surface area contributed by atoms with Crippen molar-refractivity contribution in [3.05, 3.63) is 64.2 Å². The van der Waals surface area contributed by atoms with Gasteiger partial charge in [0, 0.05) is 5.69 Å². The number of carbonyl (C=O) groups is 3. The molecule has 0 aromatic heterocycles. The molecule has 0 spiro atoms. The van der Waals surface area contributed by atoms with Crippen LogP contribution in [0.15, 0.2) is 36.4 Å². The van der Waals surface area contributed by atoms with Gasteiger partial charge in [-0.15, -0.1) is 0 Å². The van der Waals surface area contributed by atoms with E-state index in [1.54, 1.807) is 6.92 Å². The first-order chi connectivity index (χ1) is 14.0. The average Bonchev–Trinajstić information content (AvgIpc) is 2.89. The Morgan fingerprint density at radius 1 is 1.07 bits per heavy atom. The summed E-state index contributed by atoms with van der Waals surface area (Å²) in [6.45, 7) is 11.4. The number of nitrogens with zero attached hydrogens (tertiary/aromatic N) is 1. The summed E-state index contributed by atoms with van der Waals surface area (Å²) in [6.07, 6.45) is 0. The minimum atomic E-state index is -1.19. The molecule has 30 heavy (non-hydrogen) atoms. The van der Waals surface area contributed by atoms with Gasteiger partial charge in [-0.2, -0.15) is 0 Å². The lowest BCUT2D eigenvalue weighted by Crippen LogP contribution is -2.42. The van der Waals surface area contributed by atoms with E-state index in [0.717, 1.165) is 27.2 Å². The van der Waals surface area contributed by atoms with E-state index in [-0.39, 0.29) is 6.54 Å². The van der Waals surface area contributed by atoms with Gasteiger partial charge in [0.25, 0.3) is 5.91 Å². The topological polar surface area (TPSA) is 78.5 Å². The van der Waals surface area contributed by atoms with Gasteiger partial charge in [-0.3, -0.25) is 14.5 Å². The molecule has 2 N–H and O–H groups in total. The van der Waals surface area contributed by atoms with Crippen LogP contribution in [0.25, 0.3) is 0 Å². The molecule has 3 rings (SSSR count). The molecule has 4 amide bonds. The lowest BCUT2D eigenvalue weighted by atomic mass is 9.90. The Labute approximate surface area is 177 Å². The van der Waals surface area contributed by atoms with Crippen LogP contribution >= 0.6 is 0 Å². The van der Waals surface area contributed by atoms with Crippen molar-refractivity contribution in [2.75, 3.05) is 11.9 Å². The van der Waals surface area contributed by atoms with Crippen molar-refractivity contribution >= 4 is 23.5 Å². The van der Waals surface area contributed by atoms with Crippen LogP contribution in [0.4, 0.5) is 10.5 Å². The molecule has 2 aromatic carbocycles. The summed E-state index contributed by atoms with van der Waals surface area (Å²) in [6, 6.07) is 11.0. The van der Waals surface area contributed by atoms with Crippen molar-refractivity contribution in [1.29, 1.82) is 0 Å². The van der Waals surface area contributed by atoms with Crippen LogP contribution in [-0.2, 0) is 15.1 Å². The quantitative estimate of drug-likeness (QED) is 0.731. The predicted molar refractivity (Wildman–Crippen MR) is 117 cm³/mol. The van der Waals surface area contributed by atoms with Crippen molar-refractivity contribution in [3.8, 4) is 0 Å². The van der Waals surface area contributed by atoms with E-state index in [1.165, 1.54) is 0 Å². The van der Waals surface area contributed by atoms with Crippen LogP contribution < -0.4 is 10.6 Å². The molecule has 6 heteroatoms. The second-order valence-corrected chi connectivity index (χ2v) is 8.55. The third-order valence-electron chi connectivity index (χ3n) is 5.67. The van der Waals surface area contributed by atoms with Crippen molar-refractivity contribution in [3.63, 3.8) is 0 Å². The van der Waals surface area contributed by atoms with Gasteiger partial charge < -0.3 is 10.6 Å². The van der Waals surface area contributed by atoms with Crippen molar-refractivity contribution in [2.24, 2.45) is 0 Å². The summed E-state index contributed by atoms with van der Waals surface area (Å²) in [5.41, 5.74) is 4.35. The van der Waals surface area contributed by atoms with E-state index < -0.39 is 23.4 Å². The van der Waals surface area contributed by atoms with E-state index in [1.807, 2.05) is 57.2 Å². The van der Waals surface area contributed by atoms with Gasteiger partial charge in [-0.1, -0.05) is 55.8 Å². The Hall–Kier alpha value is -3.15. The fourth-order valence-electron chi connectivity index (χ4n) is 3.94. The first-order valence-corrected chi connectivity index (χ1v) is 10.1. The van der Waals surface area contributed by atoms with Gasteiger partial charge in [0.15, 0.2) is 0 Å². The Bertz CT molecular complexity index is 988. The van der Waals surface area contributed by atoms with E-state index >= 15 is 0 Å². The number of imide groups is 1. The molecule has 0 saturated carbocycles. The molecular formula is C24H29N3O3. The smallest absolute Gasteiger partial charge is 0.324 e. The average molecular weight is 408 g/mol. The van der Waals surface area contributed by atoms with E-state index in [9.17, 15) is 14.4 Å². The van der Waals surface area contributed by atoms with Gasteiger partial charge in [-0.05, 0) is 55.9 Å². The monoisotopic (exact) mass is 407 g/mol. The Kier molecular flexibility index (Phi) is 5.70. The summed E-state index contributed by atoms with van der Waals surface area (Å²) >= 11 is 0. The zero-order chi connectivity index (χ0) is 22.2. The standard InChI is InChI=1S/C24H29N3O3/c1-14(2)18-7-9-19(10-8-18)24(6)22(29)27(23(30)26-24)13-20(28)25-21-16(4)11-15(3)12-17(21)5/h7-12,14H,13H2,1-6H3,(H,25,28)(H,26,30)/t24-/m0/s1. The van der Waals surface area contributed by atoms with Crippen molar-refractivity contribution in [1.82, 2.24) is 10.2 Å². The fourth-order valence-corrected chi connectivity index (χ4v) is 3.94. The number of hydrogen-bond donors (Lipinski definition) is 2. The van der Waals surface area contributed by atoms with Crippen LogP contribution in [0.2, 0.25) is 0 Å². The van der Waals surface area contributed by atoms with Crippen LogP contribution in [0.1, 0.15) is 54.5 Å². The Morgan fingerprint density at radius 2 is 1.63 bits per heavy atom. The Balaban J connectivity index is 1.77. The minimum absolute atomic E-state index is 0.336. The zero-order valence-electron chi connectivity index (χ0n) is 18.4. The molecule has 1 saturated heterocycles. The third-order valence-corrected chi connectivity index (χ3v) is 5.67. The SMILES string of the molecule is Cc1cc(C)c(NC(=O)CN2C(=O)N[C@@](C)(c3ccc(C(C)C)cc3)C2=O)c(C)c1. The molecule has 1 heterocycles. The molecular weight excluding hydrogens is 378 g/mol. The molecule has 158 valence electrons. The number of rotatable bonds is 5. The first kappa shape index (κ1) is 21.6. The largest absolute Gasteiger partial charge is 0.325 e. The molecule has 1 fully saturated rings. The number of anilines is 1. The van der Waals surface area contributed by atoms with Gasteiger partial charge in [0.2, 0.25) is 5.91 Å². The number of hydrogen-bond acceptors (Lipinski definition) is 3. The number of nitrogens with one attached hydrogen (secondary N) is 2. The molecule has 6 nitrogen and oxygen atoms in total. The van der Waals surface area contributed by atoms with E-state index in [4.69, 9.17) is 0 Å². The molecule has 2 aromatic rings. The number of aryl methyl sites for hydroxylation is 3. The highest BCUT2D eigenvalue weighted by Crippen LogP contribution is 2.30. The summed E-state index contributed by atoms with van der Waals surface area (Å²) in [5, 5.41) is 5.60. The summed E-state index contributed by atoms with van der Waals surface area (Å²) in [7, 11) is 0. The predicted octanol–water partition coefficient (Wildman–Crippen LogP) is 4.14. The summed E-state index contributed by atoms with van der Waals surface area (Å²) in [5.74, 6) is -0.472. The zero-order valence-corrected chi connectivity index (χ0v) is 18.4. The highest BCUT2D eigenvalue weighted by Gasteiger charge is 2.49.